The van der Waals surface area contributed by atoms with Gasteiger partial charge in [-0.1, -0.05) is 0 Å². The Bertz CT molecular complexity index is 731. The summed E-state index contributed by atoms with van der Waals surface area (Å²) in [6.45, 7) is 9.85. The van der Waals surface area contributed by atoms with Crippen molar-refractivity contribution in [1.29, 1.82) is 0 Å². The summed E-state index contributed by atoms with van der Waals surface area (Å²) < 4.78 is 12.4. The van der Waals surface area contributed by atoms with Crippen molar-refractivity contribution in [3.63, 3.8) is 0 Å². The van der Waals surface area contributed by atoms with E-state index in [0.29, 0.717) is 35.7 Å². The summed E-state index contributed by atoms with van der Waals surface area (Å²) >= 11 is 0. The van der Waals surface area contributed by atoms with Crippen LogP contribution in [0.25, 0.3) is 0 Å². The van der Waals surface area contributed by atoms with Crippen molar-refractivity contribution >= 4 is 17.7 Å². The molecule has 0 aromatic carbocycles. The topological polar surface area (TPSA) is 77.8 Å². The third kappa shape index (κ3) is 4.24. The number of carbonyl (C=O) groups is 3. The van der Waals surface area contributed by atoms with E-state index in [9.17, 15) is 14.4 Å². The lowest BCUT2D eigenvalue weighted by Crippen LogP contribution is -2.46. The van der Waals surface area contributed by atoms with Gasteiger partial charge in [0.05, 0.1) is 18.8 Å². The van der Waals surface area contributed by atoms with E-state index in [1.54, 1.807) is 44.2 Å². The van der Waals surface area contributed by atoms with Gasteiger partial charge >= 0.3 is 5.97 Å². The van der Waals surface area contributed by atoms with E-state index in [2.05, 4.69) is 0 Å². The molecule has 7 heteroatoms. The van der Waals surface area contributed by atoms with Crippen molar-refractivity contribution in [2.24, 2.45) is 7.05 Å². The highest BCUT2D eigenvalue weighted by Crippen LogP contribution is 2.25. The quantitative estimate of drug-likeness (QED) is 0.538. The third-order valence-electron chi connectivity index (χ3n) is 5.32. The molecular weight excluding hydrogens is 348 g/mol. The van der Waals surface area contributed by atoms with Gasteiger partial charge in [0.2, 0.25) is 5.91 Å². The number of amides is 1. The summed E-state index contributed by atoms with van der Waals surface area (Å²) in [5.74, 6) is -0.789. The van der Waals surface area contributed by atoms with Crippen LogP contribution < -0.4 is 0 Å². The predicted molar refractivity (Wildman–Crippen MR) is 101 cm³/mol. The Morgan fingerprint density at radius 2 is 2.00 bits per heavy atom. The lowest BCUT2D eigenvalue weighted by molar-refractivity contribution is -0.131. The fourth-order valence-electron chi connectivity index (χ4n) is 3.75. The molecule has 1 fully saturated rings. The van der Waals surface area contributed by atoms with Crippen LogP contribution in [0, 0.1) is 13.8 Å². The zero-order chi connectivity index (χ0) is 20.3. The van der Waals surface area contributed by atoms with Crippen LogP contribution in [0.1, 0.15) is 65.7 Å². The van der Waals surface area contributed by atoms with Crippen molar-refractivity contribution in [3.8, 4) is 0 Å². The number of ether oxygens (including phenoxy) is 2. The van der Waals surface area contributed by atoms with Gasteiger partial charge in [0.1, 0.15) is 5.69 Å². The van der Waals surface area contributed by atoms with Gasteiger partial charge in [-0.25, -0.2) is 4.79 Å². The summed E-state index contributed by atoms with van der Waals surface area (Å²) in [5, 5.41) is 0. The number of carbonyl (C=O) groups excluding carboxylic acids is 3. The minimum absolute atomic E-state index is 0.0304. The van der Waals surface area contributed by atoms with Gasteiger partial charge in [0.15, 0.2) is 5.78 Å². The molecule has 0 bridgehead atoms. The highest BCUT2D eigenvalue weighted by atomic mass is 16.5. The van der Waals surface area contributed by atoms with Crippen molar-refractivity contribution in [3.05, 3.63) is 22.5 Å². The SMILES string of the molecule is CCOC(=O)c1c(C)c(C(=O)C(C)N(CC2CCCO2)C(C)=O)c(C)n1C. The Morgan fingerprint density at radius 1 is 1.33 bits per heavy atom. The van der Waals surface area contributed by atoms with E-state index in [1.807, 2.05) is 0 Å². The number of ketones is 1. The van der Waals surface area contributed by atoms with E-state index < -0.39 is 12.0 Å². The second-order valence-electron chi connectivity index (χ2n) is 7.06. The van der Waals surface area contributed by atoms with Gasteiger partial charge in [-0.05, 0) is 46.1 Å². The highest BCUT2D eigenvalue weighted by molar-refractivity contribution is 6.06. The Morgan fingerprint density at radius 3 is 2.52 bits per heavy atom. The molecule has 2 heterocycles. The van der Waals surface area contributed by atoms with Crippen molar-refractivity contribution in [2.45, 2.75) is 59.6 Å². The molecule has 7 nitrogen and oxygen atoms in total. The Balaban J connectivity index is 2.33. The molecule has 1 saturated heterocycles. The summed E-state index contributed by atoms with van der Waals surface area (Å²) in [6.07, 6.45) is 1.83. The lowest BCUT2D eigenvalue weighted by Gasteiger charge is -2.29. The molecule has 0 radical (unpaired) electrons. The highest BCUT2D eigenvalue weighted by Gasteiger charge is 2.33. The Labute approximate surface area is 160 Å². The second kappa shape index (κ2) is 8.69. The number of aromatic nitrogens is 1. The maximum absolute atomic E-state index is 13.3. The van der Waals surface area contributed by atoms with Crippen LogP contribution in [-0.2, 0) is 21.3 Å². The van der Waals surface area contributed by atoms with E-state index in [-0.39, 0.29) is 24.4 Å². The minimum Gasteiger partial charge on any atom is -0.461 e. The van der Waals surface area contributed by atoms with E-state index in [0.717, 1.165) is 12.8 Å². The van der Waals surface area contributed by atoms with E-state index in [1.165, 1.54) is 6.92 Å². The number of Topliss-reactive ketones (excluding diaryl/α,β-unsaturated/α-hetero) is 1. The largest absolute Gasteiger partial charge is 0.461 e. The maximum atomic E-state index is 13.3. The van der Waals surface area contributed by atoms with Crippen LogP contribution >= 0.6 is 0 Å². The maximum Gasteiger partial charge on any atom is 0.355 e. The van der Waals surface area contributed by atoms with Gasteiger partial charge in [-0.3, -0.25) is 9.59 Å². The van der Waals surface area contributed by atoms with Crippen LogP contribution in [-0.4, -0.2) is 59.0 Å². The molecule has 1 aromatic heterocycles. The molecule has 1 aromatic rings. The number of hydrogen-bond acceptors (Lipinski definition) is 5. The predicted octanol–water partition coefficient (Wildman–Crippen LogP) is 2.42. The number of nitrogens with zero attached hydrogens (tertiary/aromatic N) is 2. The summed E-state index contributed by atoms with van der Waals surface area (Å²) in [4.78, 5) is 39.3. The molecule has 150 valence electrons. The summed E-state index contributed by atoms with van der Waals surface area (Å²) in [6, 6.07) is -0.637. The Hall–Kier alpha value is -2.15. The first-order valence-electron chi connectivity index (χ1n) is 9.46. The lowest BCUT2D eigenvalue weighted by atomic mass is 9.99. The molecule has 27 heavy (non-hydrogen) atoms. The molecule has 0 spiro atoms. The molecule has 0 N–H and O–H groups in total. The third-order valence-corrected chi connectivity index (χ3v) is 5.32. The summed E-state index contributed by atoms with van der Waals surface area (Å²) in [5.41, 5.74) is 2.13. The average Bonchev–Trinajstić information content (AvgIpc) is 3.19. The minimum atomic E-state index is -0.637. The van der Waals surface area contributed by atoms with Crippen molar-refractivity contribution in [1.82, 2.24) is 9.47 Å². The Kier molecular flexibility index (Phi) is 6.81. The van der Waals surface area contributed by atoms with Crippen LogP contribution in [0.4, 0.5) is 0 Å². The second-order valence-corrected chi connectivity index (χ2v) is 7.06. The fraction of sp³-hybridized carbons (Fsp3) is 0.650. The molecule has 2 unspecified atom stereocenters. The first-order valence-corrected chi connectivity index (χ1v) is 9.46. The number of esters is 1. The molecule has 2 rings (SSSR count). The van der Waals surface area contributed by atoms with Crippen LogP contribution in [0.3, 0.4) is 0 Å². The van der Waals surface area contributed by atoms with E-state index in [4.69, 9.17) is 9.47 Å². The van der Waals surface area contributed by atoms with Crippen molar-refractivity contribution in [2.75, 3.05) is 19.8 Å². The molecule has 0 aliphatic carbocycles. The van der Waals surface area contributed by atoms with Crippen molar-refractivity contribution < 1.29 is 23.9 Å². The molecule has 0 saturated carbocycles. The van der Waals surface area contributed by atoms with Crippen LogP contribution in [0.15, 0.2) is 0 Å². The number of rotatable bonds is 7. The first kappa shape index (κ1) is 21.2. The average molecular weight is 378 g/mol. The molecule has 1 aliphatic rings. The zero-order valence-electron chi connectivity index (χ0n) is 17.1. The van der Waals surface area contributed by atoms with Crippen LogP contribution in [0.2, 0.25) is 0 Å². The number of hydrogen-bond donors (Lipinski definition) is 0. The van der Waals surface area contributed by atoms with Gasteiger partial charge in [-0.15, -0.1) is 0 Å². The zero-order valence-corrected chi connectivity index (χ0v) is 17.1. The molecule has 2 atom stereocenters. The molecule has 1 amide bonds. The monoisotopic (exact) mass is 378 g/mol. The van der Waals surface area contributed by atoms with Gasteiger partial charge in [0.25, 0.3) is 0 Å². The van der Waals surface area contributed by atoms with Gasteiger partial charge in [0, 0.05) is 38.4 Å². The molecular formula is C20H30N2O5. The molecule has 1 aliphatic heterocycles. The first-order chi connectivity index (χ1) is 12.7. The van der Waals surface area contributed by atoms with Gasteiger partial charge in [-0.2, -0.15) is 0 Å². The standard InChI is InChI=1S/C20H30N2O5/c1-7-26-20(25)18-12(2)17(13(3)21(18)6)19(24)14(4)22(15(5)23)11-16-9-8-10-27-16/h14,16H,7-11H2,1-6H3. The smallest absolute Gasteiger partial charge is 0.355 e. The summed E-state index contributed by atoms with van der Waals surface area (Å²) in [7, 11) is 1.74. The fourth-order valence-corrected chi connectivity index (χ4v) is 3.75. The van der Waals surface area contributed by atoms with Crippen LogP contribution in [0.5, 0.6) is 0 Å². The van der Waals surface area contributed by atoms with E-state index >= 15 is 0 Å². The normalized spacial score (nSPS) is 17.6. The van der Waals surface area contributed by atoms with Gasteiger partial charge < -0.3 is 18.9 Å².